The Morgan fingerprint density at radius 1 is 1.47 bits per heavy atom. The molecule has 0 saturated heterocycles. The number of halogens is 1. The maximum Gasteiger partial charge on any atom is 0.161 e. The molecular weight excluding hydrogens is 260 g/mol. The molecule has 0 saturated carbocycles. The van der Waals surface area contributed by atoms with Crippen LogP contribution in [-0.2, 0) is 0 Å². The van der Waals surface area contributed by atoms with Crippen molar-refractivity contribution < 1.29 is 15.0 Å². The van der Waals surface area contributed by atoms with Crippen LogP contribution in [0.5, 0.6) is 0 Å². The molecule has 5 heteroatoms. The molecule has 0 aliphatic carbocycles. The Morgan fingerprint density at radius 2 is 2.12 bits per heavy atom. The highest BCUT2D eigenvalue weighted by molar-refractivity contribution is 7.80. The van der Waals surface area contributed by atoms with Crippen LogP contribution in [0.4, 0.5) is 0 Å². The normalized spacial score (nSPS) is 14.4. The van der Waals surface area contributed by atoms with E-state index in [1.54, 1.807) is 12.1 Å². The summed E-state index contributed by atoms with van der Waals surface area (Å²) in [6.07, 6.45) is -1.55. The van der Waals surface area contributed by atoms with Crippen molar-refractivity contribution in [2.45, 2.75) is 25.6 Å². The molecule has 2 atom stereocenters. The van der Waals surface area contributed by atoms with E-state index in [1.807, 2.05) is 0 Å². The van der Waals surface area contributed by atoms with Gasteiger partial charge in [0.1, 0.15) is 6.10 Å². The standard InChI is InChI=1S/C12H15ClO3S/c1-7(14)9-6-8(2-3-10(9)13)12(16)11(15)4-5-17/h2-3,6,11-12,15-17H,4-5H2,1H3. The van der Waals surface area contributed by atoms with Crippen LogP contribution >= 0.6 is 24.2 Å². The molecule has 0 aromatic heterocycles. The Hall–Kier alpha value is -0.550. The van der Waals surface area contributed by atoms with E-state index in [0.717, 1.165) is 0 Å². The minimum Gasteiger partial charge on any atom is -0.390 e. The monoisotopic (exact) mass is 274 g/mol. The first-order valence-electron chi connectivity index (χ1n) is 5.24. The Labute approximate surface area is 111 Å². The molecule has 0 radical (unpaired) electrons. The van der Waals surface area contributed by atoms with E-state index < -0.39 is 12.2 Å². The van der Waals surface area contributed by atoms with Crippen LogP contribution in [0.3, 0.4) is 0 Å². The number of carbonyl (C=O) groups excluding carboxylic acids is 1. The molecule has 0 amide bonds. The Bertz CT molecular complexity index is 409. The second-order valence-electron chi connectivity index (χ2n) is 3.82. The van der Waals surface area contributed by atoms with Crippen LogP contribution in [0.15, 0.2) is 18.2 Å². The third kappa shape index (κ3) is 3.71. The van der Waals surface area contributed by atoms with Crippen molar-refractivity contribution in [3.63, 3.8) is 0 Å². The molecule has 2 unspecified atom stereocenters. The van der Waals surface area contributed by atoms with Crippen LogP contribution in [0, 0.1) is 0 Å². The van der Waals surface area contributed by atoms with Crippen molar-refractivity contribution in [2.75, 3.05) is 5.75 Å². The Balaban J connectivity index is 2.99. The molecule has 0 bridgehead atoms. The van der Waals surface area contributed by atoms with Gasteiger partial charge in [-0.3, -0.25) is 4.79 Å². The van der Waals surface area contributed by atoms with Gasteiger partial charge in [0, 0.05) is 5.56 Å². The van der Waals surface area contributed by atoms with E-state index in [4.69, 9.17) is 11.6 Å². The van der Waals surface area contributed by atoms with Gasteiger partial charge in [-0.1, -0.05) is 17.7 Å². The molecular formula is C12H15ClO3S. The molecule has 2 N–H and O–H groups in total. The highest BCUT2D eigenvalue weighted by Gasteiger charge is 2.19. The van der Waals surface area contributed by atoms with E-state index in [0.29, 0.717) is 28.3 Å². The fourth-order valence-electron chi connectivity index (χ4n) is 1.51. The lowest BCUT2D eigenvalue weighted by Crippen LogP contribution is -2.19. The number of benzene rings is 1. The van der Waals surface area contributed by atoms with E-state index >= 15 is 0 Å². The molecule has 17 heavy (non-hydrogen) atoms. The van der Waals surface area contributed by atoms with Crippen LogP contribution in [0.1, 0.15) is 35.4 Å². The van der Waals surface area contributed by atoms with Crippen molar-refractivity contribution in [3.05, 3.63) is 34.3 Å². The maximum atomic E-state index is 11.3. The van der Waals surface area contributed by atoms with Crippen LogP contribution in [-0.4, -0.2) is 27.9 Å². The largest absolute Gasteiger partial charge is 0.390 e. The zero-order valence-electron chi connectivity index (χ0n) is 9.43. The second kappa shape index (κ2) is 6.40. The van der Waals surface area contributed by atoms with Gasteiger partial charge in [0.25, 0.3) is 0 Å². The van der Waals surface area contributed by atoms with Crippen LogP contribution in [0.25, 0.3) is 0 Å². The van der Waals surface area contributed by atoms with Crippen LogP contribution < -0.4 is 0 Å². The van der Waals surface area contributed by atoms with E-state index in [1.165, 1.54) is 13.0 Å². The second-order valence-corrected chi connectivity index (χ2v) is 4.67. The number of Topliss-reactive ketones (excluding diaryl/α,β-unsaturated/α-hetero) is 1. The van der Waals surface area contributed by atoms with Gasteiger partial charge in [-0.25, -0.2) is 0 Å². The van der Waals surface area contributed by atoms with Gasteiger partial charge in [0.2, 0.25) is 0 Å². The van der Waals surface area contributed by atoms with E-state index in [9.17, 15) is 15.0 Å². The predicted octanol–water partition coefficient (Wildman–Crippen LogP) is 2.26. The first-order chi connectivity index (χ1) is 7.97. The number of hydrogen-bond donors (Lipinski definition) is 3. The Morgan fingerprint density at radius 3 is 2.65 bits per heavy atom. The number of carbonyl (C=O) groups is 1. The molecule has 0 heterocycles. The van der Waals surface area contributed by atoms with Crippen molar-refractivity contribution in [1.29, 1.82) is 0 Å². The predicted molar refractivity (Wildman–Crippen MR) is 70.9 cm³/mol. The summed E-state index contributed by atoms with van der Waals surface area (Å²) in [5.41, 5.74) is 0.829. The molecule has 0 spiro atoms. The van der Waals surface area contributed by atoms with Crippen molar-refractivity contribution >= 4 is 30.0 Å². The molecule has 94 valence electrons. The molecule has 0 aliphatic heterocycles. The van der Waals surface area contributed by atoms with Gasteiger partial charge in [0.05, 0.1) is 11.1 Å². The Kier molecular flexibility index (Phi) is 5.46. The lowest BCUT2D eigenvalue weighted by molar-refractivity contribution is 0.0172. The average molecular weight is 275 g/mol. The van der Waals surface area contributed by atoms with Crippen molar-refractivity contribution in [1.82, 2.24) is 0 Å². The number of rotatable bonds is 5. The summed E-state index contributed by atoms with van der Waals surface area (Å²) in [7, 11) is 0. The summed E-state index contributed by atoms with van der Waals surface area (Å²) in [6.45, 7) is 1.40. The van der Waals surface area contributed by atoms with Gasteiger partial charge in [-0.2, -0.15) is 12.6 Å². The highest BCUT2D eigenvalue weighted by Crippen LogP contribution is 2.25. The summed E-state index contributed by atoms with van der Waals surface area (Å²) < 4.78 is 0. The molecule has 1 rings (SSSR count). The minimum atomic E-state index is -1.03. The SMILES string of the molecule is CC(=O)c1cc(C(O)C(O)CCS)ccc1Cl. The topological polar surface area (TPSA) is 57.5 Å². The fraction of sp³-hybridized carbons (Fsp3) is 0.417. The molecule has 0 fully saturated rings. The van der Waals surface area contributed by atoms with Gasteiger partial charge >= 0.3 is 0 Å². The maximum absolute atomic E-state index is 11.3. The molecule has 0 aliphatic rings. The van der Waals surface area contributed by atoms with E-state index in [-0.39, 0.29) is 5.78 Å². The van der Waals surface area contributed by atoms with E-state index in [2.05, 4.69) is 12.6 Å². The number of aliphatic hydroxyl groups is 2. The summed E-state index contributed by atoms with van der Waals surface area (Å²) in [6, 6.07) is 4.66. The van der Waals surface area contributed by atoms with Gasteiger partial charge in [-0.05, 0) is 36.8 Å². The number of thiol groups is 1. The fourth-order valence-corrected chi connectivity index (χ4v) is 2.02. The van der Waals surface area contributed by atoms with Crippen LogP contribution in [0.2, 0.25) is 5.02 Å². The smallest absolute Gasteiger partial charge is 0.161 e. The first-order valence-corrected chi connectivity index (χ1v) is 6.25. The summed E-state index contributed by atoms with van der Waals surface area (Å²) in [5, 5.41) is 19.9. The number of aliphatic hydroxyl groups excluding tert-OH is 2. The highest BCUT2D eigenvalue weighted by atomic mass is 35.5. The van der Waals surface area contributed by atoms with Crippen molar-refractivity contribution in [3.8, 4) is 0 Å². The third-order valence-electron chi connectivity index (χ3n) is 2.50. The van der Waals surface area contributed by atoms with Gasteiger partial charge in [0.15, 0.2) is 5.78 Å². The summed E-state index contributed by atoms with van der Waals surface area (Å²) in [5.74, 6) is 0.304. The summed E-state index contributed by atoms with van der Waals surface area (Å²) in [4.78, 5) is 11.3. The van der Waals surface area contributed by atoms with Gasteiger partial charge in [-0.15, -0.1) is 0 Å². The number of ketones is 1. The minimum absolute atomic E-state index is 0.173. The number of hydrogen-bond acceptors (Lipinski definition) is 4. The molecule has 1 aromatic carbocycles. The lowest BCUT2D eigenvalue weighted by Gasteiger charge is -2.18. The van der Waals surface area contributed by atoms with Gasteiger partial charge < -0.3 is 10.2 Å². The summed E-state index contributed by atoms with van der Waals surface area (Å²) >= 11 is 9.85. The first kappa shape index (κ1) is 14.5. The zero-order valence-corrected chi connectivity index (χ0v) is 11.1. The van der Waals surface area contributed by atoms with Crippen molar-refractivity contribution in [2.24, 2.45) is 0 Å². The third-order valence-corrected chi connectivity index (χ3v) is 3.09. The molecule has 3 nitrogen and oxygen atoms in total. The quantitative estimate of drug-likeness (QED) is 0.570. The average Bonchev–Trinajstić information content (AvgIpc) is 2.28. The molecule has 1 aromatic rings. The lowest BCUT2D eigenvalue weighted by atomic mass is 9.99. The zero-order chi connectivity index (χ0) is 13.0.